The van der Waals surface area contributed by atoms with Crippen LogP contribution >= 0.6 is 11.6 Å². The van der Waals surface area contributed by atoms with Gasteiger partial charge in [-0.25, -0.2) is 18.2 Å². The van der Waals surface area contributed by atoms with Gasteiger partial charge < -0.3 is 15.2 Å². The van der Waals surface area contributed by atoms with Crippen molar-refractivity contribution in [2.45, 2.75) is 11.4 Å². The van der Waals surface area contributed by atoms with E-state index in [-0.39, 0.29) is 17.6 Å². The molecule has 1 fully saturated rings. The lowest BCUT2D eigenvalue weighted by Crippen LogP contribution is -2.39. The number of sulfonamides is 1. The highest BCUT2D eigenvalue weighted by Crippen LogP contribution is 2.21. The Morgan fingerprint density at radius 1 is 1.20 bits per heavy atom. The Hall–Kier alpha value is -2.10. The fraction of sp³-hybridized carbons (Fsp3) is 0.333. The van der Waals surface area contributed by atoms with Gasteiger partial charge in [-0.3, -0.25) is 0 Å². The number of halogens is 1. The molecular formula is C15H18ClN5O3S. The van der Waals surface area contributed by atoms with E-state index in [1.165, 1.54) is 16.8 Å². The van der Waals surface area contributed by atoms with Gasteiger partial charge in [-0.05, 0) is 18.6 Å². The highest BCUT2D eigenvalue weighted by atomic mass is 35.5. The van der Waals surface area contributed by atoms with Gasteiger partial charge in [0.25, 0.3) is 10.0 Å². The third kappa shape index (κ3) is 3.94. The maximum Gasteiger partial charge on any atom is 0.321 e. The van der Waals surface area contributed by atoms with Crippen molar-refractivity contribution in [2.24, 2.45) is 0 Å². The number of hydrogen-bond acceptors (Lipinski definition) is 4. The maximum absolute atomic E-state index is 12.5. The monoisotopic (exact) mass is 383 g/mol. The van der Waals surface area contributed by atoms with Crippen molar-refractivity contribution in [3.05, 3.63) is 41.8 Å². The Morgan fingerprint density at radius 3 is 2.72 bits per heavy atom. The van der Waals surface area contributed by atoms with Gasteiger partial charge in [-0.1, -0.05) is 23.7 Å². The van der Waals surface area contributed by atoms with E-state index in [0.29, 0.717) is 36.8 Å². The molecule has 0 bridgehead atoms. The third-order valence-electron chi connectivity index (χ3n) is 3.95. The summed E-state index contributed by atoms with van der Waals surface area (Å²) in [4.78, 5) is 20.4. The zero-order chi connectivity index (χ0) is 17.9. The normalized spacial score (nSPS) is 16.4. The van der Waals surface area contributed by atoms with Crippen LogP contribution in [0.5, 0.6) is 0 Å². The molecule has 0 unspecified atom stereocenters. The van der Waals surface area contributed by atoms with Crippen LogP contribution in [0.3, 0.4) is 0 Å². The molecule has 0 atom stereocenters. The summed E-state index contributed by atoms with van der Waals surface area (Å²) in [5.41, 5.74) is 0.528. The second kappa shape index (κ2) is 7.42. The Kier molecular flexibility index (Phi) is 5.26. The van der Waals surface area contributed by atoms with Gasteiger partial charge in [0.15, 0.2) is 5.03 Å². The van der Waals surface area contributed by atoms with Gasteiger partial charge in [-0.15, -0.1) is 0 Å². The van der Waals surface area contributed by atoms with Crippen LogP contribution in [0.25, 0.3) is 0 Å². The first-order chi connectivity index (χ1) is 12.0. The molecule has 1 aliphatic rings. The maximum atomic E-state index is 12.5. The van der Waals surface area contributed by atoms with Crippen LogP contribution in [-0.2, 0) is 10.0 Å². The van der Waals surface area contributed by atoms with Crippen LogP contribution in [0.4, 0.5) is 10.5 Å². The minimum absolute atomic E-state index is 0.0569. The van der Waals surface area contributed by atoms with Crippen molar-refractivity contribution >= 4 is 33.3 Å². The van der Waals surface area contributed by atoms with E-state index < -0.39 is 10.0 Å². The fourth-order valence-electron chi connectivity index (χ4n) is 2.62. The molecule has 1 aromatic carbocycles. The standard InChI is InChI=1S/C15H18ClN5O3S/c16-12-4-1-2-5-13(12)19-15(22)20-6-3-7-21(9-8-20)25(23,24)14-10-17-11-18-14/h1-2,4-5,10-11H,3,6-9H2,(H,17,18)(H,19,22). The van der Waals surface area contributed by atoms with E-state index in [9.17, 15) is 13.2 Å². The average molecular weight is 384 g/mol. The number of rotatable bonds is 3. The predicted molar refractivity (Wildman–Crippen MR) is 94.0 cm³/mol. The largest absolute Gasteiger partial charge is 0.335 e. The molecule has 0 saturated carbocycles. The van der Waals surface area contributed by atoms with Crippen LogP contribution in [-0.4, -0.2) is 59.8 Å². The van der Waals surface area contributed by atoms with Crippen LogP contribution in [0.2, 0.25) is 5.02 Å². The van der Waals surface area contributed by atoms with Crippen LogP contribution in [0.15, 0.2) is 41.8 Å². The molecule has 1 saturated heterocycles. The number of aromatic nitrogens is 2. The quantitative estimate of drug-likeness (QED) is 0.846. The molecule has 0 spiro atoms. The minimum atomic E-state index is -3.62. The number of hydrogen-bond donors (Lipinski definition) is 2. The fourth-order valence-corrected chi connectivity index (χ4v) is 4.17. The van der Waals surface area contributed by atoms with Gasteiger partial charge in [-0.2, -0.15) is 4.31 Å². The number of urea groups is 1. The number of nitrogens with one attached hydrogen (secondary N) is 2. The summed E-state index contributed by atoms with van der Waals surface area (Å²) in [6.07, 6.45) is 3.15. The molecule has 3 rings (SSSR count). The molecule has 134 valence electrons. The molecule has 2 amide bonds. The molecule has 1 aliphatic heterocycles. The molecule has 2 aromatic rings. The van der Waals surface area contributed by atoms with E-state index >= 15 is 0 Å². The van der Waals surface area contributed by atoms with Crippen molar-refractivity contribution < 1.29 is 13.2 Å². The molecule has 8 nitrogen and oxygen atoms in total. The van der Waals surface area contributed by atoms with E-state index in [4.69, 9.17) is 11.6 Å². The second-order valence-electron chi connectivity index (χ2n) is 5.57. The molecule has 2 heterocycles. The lowest BCUT2D eigenvalue weighted by molar-refractivity contribution is 0.214. The van der Waals surface area contributed by atoms with Crippen molar-refractivity contribution in [3.63, 3.8) is 0 Å². The highest BCUT2D eigenvalue weighted by Gasteiger charge is 2.29. The molecule has 2 N–H and O–H groups in total. The van der Waals surface area contributed by atoms with E-state index in [0.717, 1.165) is 0 Å². The first kappa shape index (κ1) is 17.7. The topological polar surface area (TPSA) is 98.4 Å². The van der Waals surface area contributed by atoms with Crippen molar-refractivity contribution in [3.8, 4) is 0 Å². The number of benzene rings is 1. The first-order valence-electron chi connectivity index (χ1n) is 7.77. The summed E-state index contributed by atoms with van der Waals surface area (Å²) < 4.78 is 26.4. The number of carbonyl (C=O) groups excluding carboxylic acids is 1. The summed E-state index contributed by atoms with van der Waals surface area (Å²) in [6.45, 7) is 1.32. The summed E-state index contributed by atoms with van der Waals surface area (Å²) in [7, 11) is -3.62. The number of anilines is 1. The summed E-state index contributed by atoms with van der Waals surface area (Å²) >= 11 is 6.05. The number of para-hydroxylation sites is 1. The predicted octanol–water partition coefficient (Wildman–Crippen LogP) is 1.99. The van der Waals surface area contributed by atoms with Gasteiger partial charge in [0.05, 0.1) is 23.2 Å². The molecular weight excluding hydrogens is 366 g/mol. The highest BCUT2D eigenvalue weighted by molar-refractivity contribution is 7.89. The lowest BCUT2D eigenvalue weighted by Gasteiger charge is -2.22. The van der Waals surface area contributed by atoms with Gasteiger partial charge >= 0.3 is 6.03 Å². The Labute approximate surface area is 150 Å². The Bertz CT molecular complexity index is 841. The summed E-state index contributed by atoms with van der Waals surface area (Å²) in [5, 5.41) is 3.27. The molecule has 10 heteroatoms. The lowest BCUT2D eigenvalue weighted by atomic mass is 10.3. The minimum Gasteiger partial charge on any atom is -0.335 e. The zero-order valence-electron chi connectivity index (χ0n) is 13.4. The Balaban J connectivity index is 1.65. The van der Waals surface area contributed by atoms with E-state index in [2.05, 4.69) is 15.3 Å². The van der Waals surface area contributed by atoms with E-state index in [1.807, 2.05) is 0 Å². The molecule has 1 aromatic heterocycles. The van der Waals surface area contributed by atoms with Crippen molar-refractivity contribution in [1.82, 2.24) is 19.2 Å². The van der Waals surface area contributed by atoms with Gasteiger partial charge in [0.2, 0.25) is 0 Å². The van der Waals surface area contributed by atoms with Crippen LogP contribution in [0, 0.1) is 0 Å². The number of H-pyrrole nitrogens is 1. The van der Waals surface area contributed by atoms with Crippen molar-refractivity contribution in [2.75, 3.05) is 31.5 Å². The molecule has 0 aliphatic carbocycles. The third-order valence-corrected chi connectivity index (χ3v) is 6.10. The first-order valence-corrected chi connectivity index (χ1v) is 9.59. The smallest absolute Gasteiger partial charge is 0.321 e. The second-order valence-corrected chi connectivity index (χ2v) is 7.88. The molecule has 0 radical (unpaired) electrons. The van der Waals surface area contributed by atoms with Gasteiger partial charge in [0, 0.05) is 26.2 Å². The summed E-state index contributed by atoms with van der Waals surface area (Å²) in [6, 6.07) is 6.67. The van der Waals surface area contributed by atoms with Gasteiger partial charge in [0.1, 0.15) is 0 Å². The number of aromatic amines is 1. The summed E-state index contributed by atoms with van der Waals surface area (Å²) in [5.74, 6) is 0. The van der Waals surface area contributed by atoms with Crippen LogP contribution in [0.1, 0.15) is 6.42 Å². The number of nitrogens with zero attached hydrogens (tertiary/aromatic N) is 3. The number of amides is 2. The number of imidazole rings is 1. The molecule has 25 heavy (non-hydrogen) atoms. The average Bonchev–Trinajstić information content (AvgIpc) is 3.02. The Morgan fingerprint density at radius 2 is 2.00 bits per heavy atom. The van der Waals surface area contributed by atoms with E-state index in [1.54, 1.807) is 29.2 Å². The van der Waals surface area contributed by atoms with Crippen LogP contribution < -0.4 is 5.32 Å². The zero-order valence-corrected chi connectivity index (χ0v) is 14.9. The number of carbonyl (C=O) groups is 1. The van der Waals surface area contributed by atoms with Crippen molar-refractivity contribution in [1.29, 1.82) is 0 Å². The SMILES string of the molecule is O=C(Nc1ccccc1Cl)N1CCCN(S(=O)(=O)c2cnc[nH]2)CC1.